The Morgan fingerprint density at radius 1 is 0.971 bits per heavy atom. The van der Waals surface area contributed by atoms with Crippen LogP contribution in [-0.2, 0) is 11.2 Å². The molecule has 4 aromatic carbocycles. The van der Waals surface area contributed by atoms with Gasteiger partial charge in [-0.05, 0) is 64.4 Å². The van der Waals surface area contributed by atoms with Gasteiger partial charge < -0.3 is 9.47 Å². The van der Waals surface area contributed by atoms with Gasteiger partial charge in [0.25, 0.3) is 0 Å². The largest absolute Gasteiger partial charge is 0.493 e. The molecular weight excluding hydrogens is 515 g/mol. The van der Waals surface area contributed by atoms with Gasteiger partial charge in [0.15, 0.2) is 11.5 Å². The maximum atomic E-state index is 13.4. The zero-order valence-electron chi connectivity index (χ0n) is 18.6. The summed E-state index contributed by atoms with van der Waals surface area (Å²) < 4.78 is 25.0. The summed E-state index contributed by atoms with van der Waals surface area (Å²) in [6, 6.07) is 21.7. The average Bonchev–Trinajstić information content (AvgIpc) is 2.86. The van der Waals surface area contributed by atoms with Crippen molar-refractivity contribution >= 4 is 44.8 Å². The molecule has 0 fully saturated rings. The van der Waals surface area contributed by atoms with Gasteiger partial charge in [0.05, 0.1) is 25.3 Å². The van der Waals surface area contributed by atoms with Crippen LogP contribution in [0.1, 0.15) is 21.5 Å². The molecule has 0 saturated heterocycles. The Labute approximate surface area is 209 Å². The van der Waals surface area contributed by atoms with E-state index in [1.807, 2.05) is 36.4 Å². The molecule has 0 spiro atoms. The second-order valence-corrected chi connectivity index (χ2v) is 8.39. The van der Waals surface area contributed by atoms with Crippen molar-refractivity contribution in [1.29, 1.82) is 0 Å². The van der Waals surface area contributed by atoms with Crippen LogP contribution in [0, 0.1) is 5.82 Å². The SMILES string of the molecule is COc1cc(/C=N/NC(=O)Cc2ccc(Br)c3ccccc23)ccc1OC(=O)c1cccc(F)c1. The Morgan fingerprint density at radius 2 is 1.77 bits per heavy atom. The van der Waals surface area contributed by atoms with Crippen molar-refractivity contribution in [3.05, 3.63) is 106 Å². The summed E-state index contributed by atoms with van der Waals surface area (Å²) in [5, 5.41) is 6.05. The molecule has 0 atom stereocenters. The maximum Gasteiger partial charge on any atom is 0.343 e. The Hall–Kier alpha value is -4.04. The summed E-state index contributed by atoms with van der Waals surface area (Å²) in [6.45, 7) is 0. The molecule has 0 unspecified atom stereocenters. The first-order chi connectivity index (χ1) is 16.9. The first-order valence-corrected chi connectivity index (χ1v) is 11.4. The van der Waals surface area contributed by atoms with Crippen LogP contribution in [0.15, 0.2) is 88.4 Å². The number of methoxy groups -OCH3 is 1. The summed E-state index contributed by atoms with van der Waals surface area (Å²) in [4.78, 5) is 24.7. The molecule has 1 N–H and O–H groups in total. The summed E-state index contributed by atoms with van der Waals surface area (Å²) in [6.07, 6.45) is 1.63. The molecule has 0 bridgehead atoms. The number of esters is 1. The molecule has 0 aliphatic carbocycles. The highest BCUT2D eigenvalue weighted by atomic mass is 79.9. The van der Waals surface area contributed by atoms with Crippen LogP contribution in [0.5, 0.6) is 11.5 Å². The summed E-state index contributed by atoms with van der Waals surface area (Å²) in [7, 11) is 1.43. The molecular formula is C27H20BrFN2O4. The molecule has 4 rings (SSSR count). The standard InChI is InChI=1S/C27H20BrFN2O4/c1-34-25-13-17(9-12-24(25)35-27(33)19-5-4-6-20(29)14-19)16-30-31-26(32)15-18-10-11-23(28)22-8-3-2-7-21(18)22/h2-14,16H,15H2,1H3,(H,31,32)/b30-16+. The van der Waals surface area contributed by atoms with Crippen molar-refractivity contribution in [1.82, 2.24) is 5.43 Å². The number of hydrazone groups is 1. The van der Waals surface area contributed by atoms with E-state index in [1.165, 1.54) is 37.6 Å². The molecule has 176 valence electrons. The zero-order chi connectivity index (χ0) is 24.8. The van der Waals surface area contributed by atoms with Crippen molar-refractivity contribution in [3.8, 4) is 11.5 Å². The van der Waals surface area contributed by atoms with E-state index in [-0.39, 0.29) is 29.4 Å². The van der Waals surface area contributed by atoms with Crippen LogP contribution in [0.4, 0.5) is 4.39 Å². The van der Waals surface area contributed by atoms with Gasteiger partial charge in [-0.2, -0.15) is 5.10 Å². The first kappa shape index (κ1) is 24.1. The third-order valence-corrected chi connectivity index (χ3v) is 5.86. The highest BCUT2D eigenvalue weighted by molar-refractivity contribution is 9.10. The number of halogens is 2. The number of fused-ring (bicyclic) bond motifs is 1. The average molecular weight is 535 g/mol. The van der Waals surface area contributed by atoms with E-state index in [4.69, 9.17) is 9.47 Å². The number of hydrogen-bond donors (Lipinski definition) is 1. The fraction of sp³-hybridized carbons (Fsp3) is 0.0741. The number of carbonyl (C=O) groups is 2. The molecule has 0 radical (unpaired) electrons. The Morgan fingerprint density at radius 3 is 2.54 bits per heavy atom. The lowest BCUT2D eigenvalue weighted by Gasteiger charge is -2.10. The number of amides is 1. The van der Waals surface area contributed by atoms with Gasteiger partial charge in [-0.3, -0.25) is 4.79 Å². The monoisotopic (exact) mass is 534 g/mol. The predicted molar refractivity (Wildman–Crippen MR) is 135 cm³/mol. The van der Waals surface area contributed by atoms with Gasteiger partial charge in [-0.1, -0.05) is 52.3 Å². The second-order valence-electron chi connectivity index (χ2n) is 7.53. The summed E-state index contributed by atoms with van der Waals surface area (Å²) >= 11 is 3.53. The Kier molecular flexibility index (Phi) is 7.52. The van der Waals surface area contributed by atoms with Crippen LogP contribution >= 0.6 is 15.9 Å². The summed E-state index contributed by atoms with van der Waals surface area (Å²) in [5.41, 5.74) is 4.11. The van der Waals surface area contributed by atoms with Crippen molar-refractivity contribution in [2.75, 3.05) is 7.11 Å². The third kappa shape index (κ3) is 5.91. The predicted octanol–water partition coefficient (Wildman–Crippen LogP) is 5.66. The van der Waals surface area contributed by atoms with Crippen LogP contribution in [0.2, 0.25) is 0 Å². The quantitative estimate of drug-likeness (QED) is 0.143. The second kappa shape index (κ2) is 10.9. The lowest BCUT2D eigenvalue weighted by molar-refractivity contribution is -0.120. The first-order valence-electron chi connectivity index (χ1n) is 10.6. The number of benzene rings is 4. The van der Waals surface area contributed by atoms with Crippen LogP contribution in [0.3, 0.4) is 0 Å². The van der Waals surface area contributed by atoms with E-state index in [0.717, 1.165) is 26.9 Å². The minimum absolute atomic E-state index is 0.0824. The normalized spacial score (nSPS) is 10.9. The number of ether oxygens (including phenoxy) is 2. The van der Waals surface area contributed by atoms with E-state index in [9.17, 15) is 14.0 Å². The molecule has 0 aliphatic heterocycles. The highest BCUT2D eigenvalue weighted by Gasteiger charge is 2.14. The van der Waals surface area contributed by atoms with Gasteiger partial charge in [0.1, 0.15) is 5.82 Å². The van der Waals surface area contributed by atoms with Crippen molar-refractivity contribution in [2.45, 2.75) is 6.42 Å². The van der Waals surface area contributed by atoms with Crippen LogP contribution in [0.25, 0.3) is 10.8 Å². The van der Waals surface area contributed by atoms with Gasteiger partial charge in [0, 0.05) is 4.47 Å². The lowest BCUT2D eigenvalue weighted by atomic mass is 10.0. The lowest BCUT2D eigenvalue weighted by Crippen LogP contribution is -2.19. The van der Waals surface area contributed by atoms with Crippen molar-refractivity contribution in [2.24, 2.45) is 5.10 Å². The molecule has 6 nitrogen and oxygen atoms in total. The van der Waals surface area contributed by atoms with Gasteiger partial charge >= 0.3 is 5.97 Å². The molecule has 4 aromatic rings. The van der Waals surface area contributed by atoms with E-state index >= 15 is 0 Å². The van der Waals surface area contributed by atoms with Crippen molar-refractivity contribution < 1.29 is 23.5 Å². The molecule has 35 heavy (non-hydrogen) atoms. The number of nitrogens with one attached hydrogen (secondary N) is 1. The molecule has 0 aromatic heterocycles. The van der Waals surface area contributed by atoms with Gasteiger partial charge in [-0.15, -0.1) is 0 Å². The number of nitrogens with zero attached hydrogens (tertiary/aromatic N) is 1. The van der Waals surface area contributed by atoms with E-state index in [0.29, 0.717) is 5.56 Å². The number of carbonyl (C=O) groups excluding carboxylic acids is 2. The van der Waals surface area contributed by atoms with E-state index in [1.54, 1.807) is 12.1 Å². The van der Waals surface area contributed by atoms with Crippen molar-refractivity contribution in [3.63, 3.8) is 0 Å². The van der Waals surface area contributed by atoms with E-state index < -0.39 is 11.8 Å². The zero-order valence-corrected chi connectivity index (χ0v) is 20.2. The molecule has 0 heterocycles. The highest BCUT2D eigenvalue weighted by Crippen LogP contribution is 2.29. The van der Waals surface area contributed by atoms with Crippen LogP contribution < -0.4 is 14.9 Å². The fourth-order valence-corrected chi connectivity index (χ4v) is 3.97. The smallest absolute Gasteiger partial charge is 0.343 e. The Balaban J connectivity index is 1.41. The maximum absolute atomic E-state index is 13.4. The minimum atomic E-state index is -0.711. The third-order valence-electron chi connectivity index (χ3n) is 5.17. The van der Waals surface area contributed by atoms with Gasteiger partial charge in [0.2, 0.25) is 5.91 Å². The fourth-order valence-electron chi connectivity index (χ4n) is 3.49. The number of rotatable bonds is 7. The molecule has 1 amide bonds. The number of hydrogen-bond acceptors (Lipinski definition) is 5. The van der Waals surface area contributed by atoms with E-state index in [2.05, 4.69) is 26.5 Å². The molecule has 0 aliphatic rings. The van der Waals surface area contributed by atoms with Gasteiger partial charge in [-0.25, -0.2) is 14.6 Å². The van der Waals surface area contributed by atoms with Crippen LogP contribution in [-0.4, -0.2) is 25.2 Å². The topological polar surface area (TPSA) is 77.0 Å². The minimum Gasteiger partial charge on any atom is -0.493 e. The Bertz CT molecular complexity index is 1440. The molecule has 0 saturated carbocycles. The summed E-state index contributed by atoms with van der Waals surface area (Å²) in [5.74, 6) is -1.05. The molecule has 8 heteroatoms.